The lowest BCUT2D eigenvalue weighted by Gasteiger charge is -2.30. The van der Waals surface area contributed by atoms with Gasteiger partial charge in [-0.3, -0.25) is 4.79 Å². The van der Waals surface area contributed by atoms with Gasteiger partial charge in [-0.25, -0.2) is 0 Å². The zero-order valence-corrected chi connectivity index (χ0v) is 16.8. The minimum Gasteiger partial charge on any atom is -0.497 e. The van der Waals surface area contributed by atoms with E-state index in [-0.39, 0.29) is 30.3 Å². The molecular weight excluding hydrogens is 393 g/mol. The van der Waals surface area contributed by atoms with Crippen LogP contribution >= 0.6 is 0 Å². The van der Waals surface area contributed by atoms with Crippen LogP contribution in [0, 0.1) is 11.8 Å². The first-order valence-corrected chi connectivity index (χ1v) is 10.1. The topological polar surface area (TPSA) is 32.8 Å². The summed E-state index contributed by atoms with van der Waals surface area (Å²) >= 11 is 0. The normalized spacial score (nSPS) is 24.1. The number of alkyl halides is 3. The van der Waals surface area contributed by atoms with Crippen LogP contribution in [0.4, 0.5) is 13.2 Å². The summed E-state index contributed by atoms with van der Waals surface area (Å²) < 4.78 is 43.2. The van der Waals surface area contributed by atoms with Gasteiger partial charge in [0.05, 0.1) is 19.6 Å². The first kappa shape index (κ1) is 20.7. The third-order valence-corrected chi connectivity index (χ3v) is 6.19. The van der Waals surface area contributed by atoms with E-state index in [1.807, 2.05) is 40.1 Å². The molecule has 2 aliphatic rings. The number of ether oxygens (including phenoxy) is 1. The second-order valence-electron chi connectivity index (χ2n) is 8.09. The average Bonchev–Trinajstić information content (AvgIpc) is 3.29. The molecule has 0 aromatic heterocycles. The number of halogens is 3. The minimum absolute atomic E-state index is 0.0183. The molecular formula is C23H25F3N2O2. The Kier molecular flexibility index (Phi) is 5.73. The number of hydrogen-bond donors (Lipinski definition) is 0. The zero-order chi connectivity index (χ0) is 21.3. The molecule has 1 amide bonds. The fourth-order valence-electron chi connectivity index (χ4n) is 4.79. The number of amides is 1. The molecule has 2 heterocycles. The molecule has 0 bridgehead atoms. The molecule has 4 rings (SSSR count). The second kappa shape index (κ2) is 8.30. The molecule has 0 unspecified atom stereocenters. The van der Waals surface area contributed by atoms with Gasteiger partial charge in [-0.05, 0) is 35.7 Å². The summed E-state index contributed by atoms with van der Waals surface area (Å²) in [6.07, 6.45) is -4.94. The SMILES string of the molecule is COc1ccc(C(=O)N2C[C@@H]3CN(CCC(F)(F)F)C[C@@H]3[C@H]2c2ccccc2)cc1. The molecule has 2 aliphatic heterocycles. The Morgan fingerprint density at radius 1 is 1.03 bits per heavy atom. The molecule has 7 heteroatoms. The maximum Gasteiger partial charge on any atom is 0.390 e. The molecule has 2 aromatic carbocycles. The number of methoxy groups -OCH3 is 1. The zero-order valence-electron chi connectivity index (χ0n) is 16.8. The molecule has 160 valence electrons. The molecule has 3 atom stereocenters. The molecule has 30 heavy (non-hydrogen) atoms. The Bertz CT molecular complexity index is 870. The molecule has 2 fully saturated rings. The highest BCUT2D eigenvalue weighted by molar-refractivity contribution is 5.95. The molecule has 0 aliphatic carbocycles. The number of benzene rings is 2. The summed E-state index contributed by atoms with van der Waals surface area (Å²) in [5.41, 5.74) is 1.62. The van der Waals surface area contributed by atoms with Gasteiger partial charge in [0, 0.05) is 37.7 Å². The van der Waals surface area contributed by atoms with Crippen molar-refractivity contribution in [3.8, 4) is 5.75 Å². The van der Waals surface area contributed by atoms with Crippen LogP contribution in [-0.2, 0) is 0 Å². The lowest BCUT2D eigenvalue weighted by Crippen LogP contribution is -2.36. The van der Waals surface area contributed by atoms with Crippen LogP contribution in [0.2, 0.25) is 0 Å². The largest absolute Gasteiger partial charge is 0.497 e. The van der Waals surface area contributed by atoms with Crippen molar-refractivity contribution in [2.45, 2.75) is 18.6 Å². The monoisotopic (exact) mass is 418 g/mol. The molecule has 2 saturated heterocycles. The van der Waals surface area contributed by atoms with Gasteiger partial charge < -0.3 is 14.5 Å². The van der Waals surface area contributed by atoms with E-state index in [2.05, 4.69) is 0 Å². The maximum absolute atomic E-state index is 13.3. The highest BCUT2D eigenvalue weighted by Gasteiger charge is 2.49. The second-order valence-corrected chi connectivity index (χ2v) is 8.09. The summed E-state index contributed by atoms with van der Waals surface area (Å²) in [4.78, 5) is 17.1. The first-order chi connectivity index (χ1) is 14.4. The van der Waals surface area contributed by atoms with Gasteiger partial charge in [-0.15, -0.1) is 0 Å². The summed E-state index contributed by atoms with van der Waals surface area (Å²) in [6.45, 7) is 1.74. The Morgan fingerprint density at radius 2 is 1.73 bits per heavy atom. The highest BCUT2D eigenvalue weighted by Crippen LogP contribution is 2.45. The summed E-state index contributed by atoms with van der Waals surface area (Å²) in [5.74, 6) is 0.931. The van der Waals surface area contributed by atoms with Crippen LogP contribution < -0.4 is 4.74 Å². The van der Waals surface area contributed by atoms with Crippen LogP contribution in [0.25, 0.3) is 0 Å². The number of carbonyl (C=O) groups excluding carboxylic acids is 1. The van der Waals surface area contributed by atoms with Crippen LogP contribution in [0.5, 0.6) is 5.75 Å². The predicted octanol–water partition coefficient (Wildman–Crippen LogP) is 4.39. The van der Waals surface area contributed by atoms with Crippen LogP contribution in [0.1, 0.15) is 28.4 Å². The van der Waals surface area contributed by atoms with Crippen molar-refractivity contribution in [3.05, 3.63) is 65.7 Å². The first-order valence-electron chi connectivity index (χ1n) is 10.1. The highest BCUT2D eigenvalue weighted by atomic mass is 19.4. The molecule has 0 saturated carbocycles. The standard InChI is InChI=1S/C23H25F3N2O2/c1-30-19-9-7-17(8-10-19)22(29)28-14-18-13-27(12-11-23(24,25)26)15-20(18)21(28)16-5-3-2-4-6-16/h2-10,18,20-21H,11-15H2,1H3/t18-,20-,21+/m0/s1. The van der Waals surface area contributed by atoms with E-state index in [1.54, 1.807) is 31.4 Å². The number of rotatable bonds is 5. The third kappa shape index (κ3) is 4.31. The van der Waals surface area contributed by atoms with E-state index >= 15 is 0 Å². The van der Waals surface area contributed by atoms with Crippen molar-refractivity contribution >= 4 is 5.91 Å². The van der Waals surface area contributed by atoms with E-state index in [1.165, 1.54) is 0 Å². The van der Waals surface area contributed by atoms with Crippen molar-refractivity contribution in [3.63, 3.8) is 0 Å². The van der Waals surface area contributed by atoms with Crippen molar-refractivity contribution in [1.29, 1.82) is 0 Å². The van der Waals surface area contributed by atoms with Gasteiger partial charge in [0.25, 0.3) is 5.91 Å². The van der Waals surface area contributed by atoms with E-state index < -0.39 is 12.6 Å². The van der Waals surface area contributed by atoms with Crippen molar-refractivity contribution in [2.24, 2.45) is 11.8 Å². The van der Waals surface area contributed by atoms with E-state index in [4.69, 9.17) is 4.74 Å². The number of carbonyl (C=O) groups is 1. The van der Waals surface area contributed by atoms with E-state index in [9.17, 15) is 18.0 Å². The molecule has 4 nitrogen and oxygen atoms in total. The van der Waals surface area contributed by atoms with E-state index in [0.717, 1.165) is 5.56 Å². The smallest absolute Gasteiger partial charge is 0.390 e. The quantitative estimate of drug-likeness (QED) is 0.722. The molecule has 2 aromatic rings. The Labute approximate surface area is 174 Å². The summed E-state index contributed by atoms with van der Waals surface area (Å²) in [5, 5.41) is 0. The summed E-state index contributed by atoms with van der Waals surface area (Å²) in [7, 11) is 1.58. The van der Waals surface area contributed by atoms with Crippen molar-refractivity contribution in [1.82, 2.24) is 9.80 Å². The molecule has 0 radical (unpaired) electrons. The number of nitrogens with zero attached hydrogens (tertiary/aromatic N) is 2. The maximum atomic E-state index is 13.3. The predicted molar refractivity (Wildman–Crippen MR) is 107 cm³/mol. The molecule has 0 spiro atoms. The fourth-order valence-corrected chi connectivity index (χ4v) is 4.79. The van der Waals surface area contributed by atoms with Gasteiger partial charge in [0.2, 0.25) is 0 Å². The Hall–Kier alpha value is -2.54. The number of hydrogen-bond acceptors (Lipinski definition) is 3. The Morgan fingerprint density at radius 3 is 2.37 bits per heavy atom. The van der Waals surface area contributed by atoms with Gasteiger partial charge in [0.15, 0.2) is 0 Å². The fraction of sp³-hybridized carbons (Fsp3) is 0.435. The lowest BCUT2D eigenvalue weighted by atomic mass is 9.89. The van der Waals surface area contributed by atoms with Crippen LogP contribution in [0.3, 0.4) is 0 Å². The van der Waals surface area contributed by atoms with Gasteiger partial charge in [-0.1, -0.05) is 30.3 Å². The summed E-state index contributed by atoms with van der Waals surface area (Å²) in [6, 6.07) is 16.7. The van der Waals surface area contributed by atoms with Crippen molar-refractivity contribution in [2.75, 3.05) is 33.3 Å². The Balaban J connectivity index is 1.56. The molecule has 0 N–H and O–H groups in total. The van der Waals surface area contributed by atoms with Gasteiger partial charge in [0.1, 0.15) is 5.75 Å². The van der Waals surface area contributed by atoms with Crippen LogP contribution in [-0.4, -0.2) is 55.2 Å². The third-order valence-electron chi connectivity index (χ3n) is 6.19. The van der Waals surface area contributed by atoms with Gasteiger partial charge >= 0.3 is 6.18 Å². The van der Waals surface area contributed by atoms with Crippen LogP contribution in [0.15, 0.2) is 54.6 Å². The minimum atomic E-state index is -4.15. The van der Waals surface area contributed by atoms with E-state index in [0.29, 0.717) is 30.9 Å². The van der Waals surface area contributed by atoms with Crippen molar-refractivity contribution < 1.29 is 22.7 Å². The average molecular weight is 418 g/mol. The number of fused-ring (bicyclic) bond motifs is 1. The lowest BCUT2D eigenvalue weighted by molar-refractivity contribution is -0.137. The number of likely N-dealkylation sites (tertiary alicyclic amines) is 2. The van der Waals surface area contributed by atoms with Gasteiger partial charge in [-0.2, -0.15) is 13.2 Å².